The Bertz CT molecular complexity index is 878. The second kappa shape index (κ2) is 6.90. The van der Waals surface area contributed by atoms with E-state index in [2.05, 4.69) is 5.32 Å². The molecule has 3 atom stereocenters. The van der Waals surface area contributed by atoms with Crippen LogP contribution in [0.25, 0.3) is 0 Å². The Morgan fingerprint density at radius 2 is 1.92 bits per heavy atom. The molecular weight excluding hydrogens is 354 g/mol. The van der Waals surface area contributed by atoms with Crippen LogP contribution in [0.1, 0.15) is 10.9 Å². The normalized spacial score (nSPS) is 19.7. The highest BCUT2D eigenvalue weighted by Crippen LogP contribution is 2.40. The fourth-order valence-corrected chi connectivity index (χ4v) is 5.12. The quantitative estimate of drug-likeness (QED) is 0.720. The number of thiophene rings is 1. The largest absolute Gasteiger partial charge is 0.497 e. The van der Waals surface area contributed by atoms with Gasteiger partial charge in [0, 0.05) is 10.6 Å². The van der Waals surface area contributed by atoms with Gasteiger partial charge in [0.25, 0.3) is 0 Å². The van der Waals surface area contributed by atoms with Gasteiger partial charge in [0.2, 0.25) is 5.44 Å². The molecule has 0 saturated heterocycles. The van der Waals surface area contributed by atoms with Crippen LogP contribution in [0, 0.1) is 0 Å². The van der Waals surface area contributed by atoms with Crippen LogP contribution in [-0.2, 0) is 10.8 Å². The molecule has 3 aromatic rings. The van der Waals surface area contributed by atoms with Crippen LogP contribution in [0.15, 0.2) is 70.9 Å². The number of hydrogen-bond acceptors (Lipinski definition) is 5. The number of para-hydroxylation sites is 1. The highest BCUT2D eigenvalue weighted by Gasteiger charge is 2.38. The van der Waals surface area contributed by atoms with Crippen molar-refractivity contribution in [2.24, 2.45) is 0 Å². The van der Waals surface area contributed by atoms with E-state index < -0.39 is 16.2 Å². The van der Waals surface area contributed by atoms with Crippen molar-refractivity contribution in [1.29, 1.82) is 0 Å². The smallest absolute Gasteiger partial charge is 0.202 e. The van der Waals surface area contributed by atoms with Gasteiger partial charge in [-0.15, -0.1) is 11.3 Å². The highest BCUT2D eigenvalue weighted by molar-refractivity contribution is 7.86. The molecule has 1 aromatic heterocycles. The lowest BCUT2D eigenvalue weighted by Crippen LogP contribution is -2.30. The molecule has 6 heteroatoms. The molecule has 25 heavy (non-hydrogen) atoms. The van der Waals surface area contributed by atoms with Crippen LogP contribution in [0.3, 0.4) is 0 Å². The summed E-state index contributed by atoms with van der Waals surface area (Å²) in [6.45, 7) is 0. The van der Waals surface area contributed by atoms with Crippen molar-refractivity contribution in [2.45, 2.75) is 16.4 Å². The molecule has 0 spiro atoms. The van der Waals surface area contributed by atoms with Crippen molar-refractivity contribution < 1.29 is 13.7 Å². The lowest BCUT2D eigenvalue weighted by Gasteiger charge is -2.23. The molecule has 1 aliphatic heterocycles. The Labute approximate surface area is 152 Å². The number of hydrogen-bond donors (Lipinski definition) is 1. The molecule has 0 radical (unpaired) electrons. The summed E-state index contributed by atoms with van der Waals surface area (Å²) in [6.07, 6.45) is 0. The summed E-state index contributed by atoms with van der Waals surface area (Å²) in [5.41, 5.74) is 0.453. The van der Waals surface area contributed by atoms with Crippen LogP contribution in [0.4, 0.5) is 5.69 Å². The molecule has 0 saturated carbocycles. The van der Waals surface area contributed by atoms with E-state index in [1.165, 1.54) is 0 Å². The lowest BCUT2D eigenvalue weighted by molar-refractivity contribution is 0.269. The van der Waals surface area contributed by atoms with Gasteiger partial charge in [-0.05, 0) is 47.8 Å². The number of fused-ring (bicyclic) bond motifs is 1. The minimum Gasteiger partial charge on any atom is -0.497 e. The topological polar surface area (TPSA) is 47.6 Å². The summed E-state index contributed by atoms with van der Waals surface area (Å²) < 4.78 is 24.2. The van der Waals surface area contributed by atoms with Crippen LogP contribution >= 0.6 is 11.3 Å². The maximum absolute atomic E-state index is 13.0. The van der Waals surface area contributed by atoms with Crippen molar-refractivity contribution in [3.05, 3.63) is 70.9 Å². The Balaban J connectivity index is 1.65. The molecule has 0 unspecified atom stereocenters. The van der Waals surface area contributed by atoms with E-state index in [4.69, 9.17) is 9.47 Å². The molecule has 1 aliphatic rings. The van der Waals surface area contributed by atoms with Crippen LogP contribution in [-0.4, -0.2) is 16.8 Å². The second-order valence-corrected chi connectivity index (χ2v) is 8.07. The standard InChI is InChI=1S/C19H17NO3S2/c1-22-14-10-8-13(9-11-14)20-18(16-6-4-12-24-16)19-23-15-5-2-3-7-17(15)25(19)21/h2-12,18-20H,1H3/t18-,19+,25+/m1/s1. The molecular formula is C19H17NO3S2. The molecule has 1 N–H and O–H groups in total. The number of benzene rings is 2. The Morgan fingerprint density at radius 3 is 2.60 bits per heavy atom. The van der Waals surface area contributed by atoms with Gasteiger partial charge in [0.05, 0.1) is 12.0 Å². The summed E-state index contributed by atoms with van der Waals surface area (Å²) in [4.78, 5) is 1.84. The monoisotopic (exact) mass is 371 g/mol. The molecule has 0 bridgehead atoms. The first kappa shape index (κ1) is 16.2. The minimum atomic E-state index is -1.23. The fraction of sp³-hybridized carbons (Fsp3) is 0.158. The van der Waals surface area contributed by atoms with E-state index in [0.29, 0.717) is 5.75 Å². The number of rotatable bonds is 5. The second-order valence-electron chi connectivity index (χ2n) is 5.60. The van der Waals surface area contributed by atoms with Crippen molar-refractivity contribution in [2.75, 3.05) is 12.4 Å². The van der Waals surface area contributed by atoms with Gasteiger partial charge in [-0.25, -0.2) is 0 Å². The predicted molar refractivity (Wildman–Crippen MR) is 101 cm³/mol. The molecule has 0 fully saturated rings. The van der Waals surface area contributed by atoms with E-state index in [-0.39, 0.29) is 6.04 Å². The van der Waals surface area contributed by atoms with Gasteiger partial charge in [0.1, 0.15) is 28.3 Å². The van der Waals surface area contributed by atoms with Gasteiger partial charge in [-0.3, -0.25) is 4.21 Å². The first-order valence-electron chi connectivity index (χ1n) is 7.86. The molecule has 4 rings (SSSR count). The average Bonchev–Trinajstić information content (AvgIpc) is 3.29. The zero-order chi connectivity index (χ0) is 17.2. The van der Waals surface area contributed by atoms with Crippen molar-refractivity contribution in [3.63, 3.8) is 0 Å². The maximum Gasteiger partial charge on any atom is 0.202 e. The third-order valence-corrected chi connectivity index (χ3v) is 6.57. The number of nitrogens with one attached hydrogen (secondary N) is 1. The zero-order valence-corrected chi connectivity index (χ0v) is 15.2. The number of ether oxygens (including phenoxy) is 2. The lowest BCUT2D eigenvalue weighted by atomic mass is 10.2. The Kier molecular flexibility index (Phi) is 4.46. The third kappa shape index (κ3) is 3.15. The number of methoxy groups -OCH3 is 1. The van der Waals surface area contributed by atoms with Gasteiger partial charge < -0.3 is 14.8 Å². The average molecular weight is 371 g/mol. The van der Waals surface area contributed by atoms with Crippen molar-refractivity contribution in [3.8, 4) is 11.5 Å². The first-order chi connectivity index (χ1) is 12.3. The molecule has 2 heterocycles. The SMILES string of the molecule is COc1ccc(N[C@H](c2cccs2)[C@H]2Oc3ccccc3[S@@]2=O)cc1. The third-order valence-electron chi connectivity index (χ3n) is 4.05. The van der Waals surface area contributed by atoms with Gasteiger partial charge in [0.15, 0.2) is 0 Å². The predicted octanol–water partition coefficient (Wildman–Crippen LogP) is 4.44. The summed E-state index contributed by atoms with van der Waals surface area (Å²) in [6, 6.07) is 19.0. The molecule has 0 aliphatic carbocycles. The van der Waals surface area contributed by atoms with E-state index in [9.17, 15) is 4.21 Å². The summed E-state index contributed by atoms with van der Waals surface area (Å²) in [5, 5.41) is 5.49. The molecule has 0 amide bonds. The van der Waals surface area contributed by atoms with Crippen LogP contribution < -0.4 is 14.8 Å². The van der Waals surface area contributed by atoms with Crippen molar-refractivity contribution in [1.82, 2.24) is 0 Å². The van der Waals surface area contributed by atoms with Crippen molar-refractivity contribution >= 4 is 27.8 Å². The molecule has 2 aromatic carbocycles. The zero-order valence-electron chi connectivity index (χ0n) is 13.5. The van der Waals surface area contributed by atoms with E-state index in [1.54, 1.807) is 18.4 Å². The fourth-order valence-electron chi connectivity index (χ4n) is 2.81. The van der Waals surface area contributed by atoms with E-state index in [0.717, 1.165) is 21.2 Å². The Hall–Kier alpha value is -2.31. The van der Waals surface area contributed by atoms with Gasteiger partial charge in [-0.1, -0.05) is 18.2 Å². The summed E-state index contributed by atoms with van der Waals surface area (Å²) in [5.74, 6) is 1.50. The highest BCUT2D eigenvalue weighted by atomic mass is 32.2. The first-order valence-corrected chi connectivity index (χ1v) is 9.96. The van der Waals surface area contributed by atoms with Crippen LogP contribution in [0.5, 0.6) is 11.5 Å². The minimum absolute atomic E-state index is 0.207. The molecule has 128 valence electrons. The van der Waals surface area contributed by atoms with Gasteiger partial charge in [-0.2, -0.15) is 0 Å². The maximum atomic E-state index is 13.0. The van der Waals surface area contributed by atoms with Gasteiger partial charge >= 0.3 is 0 Å². The summed E-state index contributed by atoms with van der Waals surface area (Å²) in [7, 11) is 0.410. The van der Waals surface area contributed by atoms with Crippen LogP contribution in [0.2, 0.25) is 0 Å². The summed E-state index contributed by atoms with van der Waals surface area (Å²) >= 11 is 1.62. The van der Waals surface area contributed by atoms with E-state index in [1.807, 2.05) is 66.0 Å². The van der Waals surface area contributed by atoms with E-state index >= 15 is 0 Å². The Morgan fingerprint density at radius 1 is 1.12 bits per heavy atom. The number of anilines is 1. The molecule has 4 nitrogen and oxygen atoms in total.